The molecule has 0 saturated heterocycles. The Labute approximate surface area is 556 Å². The quantitative estimate of drug-likeness (QED) is 0.0150. The molecule has 0 unspecified atom stereocenters. The first-order valence-corrected chi connectivity index (χ1v) is 34.1. The van der Waals surface area contributed by atoms with Crippen LogP contribution in [-0.2, 0) is 83.8 Å². The summed E-state index contributed by atoms with van der Waals surface area (Å²) in [5.74, 6) is -13.3. The fraction of sp³-hybridized carbons (Fsp3) is 0.516. The average Bonchev–Trinajstić information content (AvgIpc) is 1.60. The molecule has 2 aliphatic rings. The molecular weight excluding hydrogens is 1300 g/mol. The molecule has 95 heavy (non-hydrogen) atoms. The molecule has 13 N–H and O–H groups in total. The van der Waals surface area contributed by atoms with Crippen LogP contribution in [0.3, 0.4) is 0 Å². The molecule has 2 aliphatic heterocycles. The summed E-state index contributed by atoms with van der Waals surface area (Å²) in [6.07, 6.45) is 8.23. The number of nitrogens with one attached hydrogen (secondary N) is 7. The Morgan fingerprint density at radius 1 is 0.653 bits per heavy atom. The molecule has 0 spiro atoms. The third-order valence-electron chi connectivity index (χ3n) is 16.0. The summed E-state index contributed by atoms with van der Waals surface area (Å²) in [6.45, 7) is 14.9. The van der Waals surface area contributed by atoms with Gasteiger partial charge in [0.05, 0.1) is 28.0 Å². The van der Waals surface area contributed by atoms with E-state index in [2.05, 4.69) is 54.4 Å². The lowest BCUT2D eigenvalue weighted by molar-refractivity contribution is -0.438. The normalized spacial score (nSPS) is 16.4. The fourth-order valence-corrected chi connectivity index (χ4v) is 12.2. The van der Waals surface area contributed by atoms with Crippen LogP contribution in [0.1, 0.15) is 137 Å². The smallest absolute Gasteiger partial charge is 0.305 e. The third kappa shape index (κ3) is 22.6. The van der Waals surface area contributed by atoms with Crippen LogP contribution in [0, 0.1) is 5.92 Å². The van der Waals surface area contributed by atoms with Gasteiger partial charge in [-0.25, -0.2) is 8.42 Å². The van der Waals surface area contributed by atoms with Gasteiger partial charge < -0.3 is 67.7 Å². The van der Waals surface area contributed by atoms with Crippen LogP contribution in [-0.4, -0.2) is 178 Å². The summed E-state index contributed by atoms with van der Waals surface area (Å²) in [6, 6.07) is -1.04. The van der Waals surface area contributed by atoms with E-state index >= 15 is 0 Å². The maximum absolute atomic E-state index is 13.8. The van der Waals surface area contributed by atoms with E-state index in [0.717, 1.165) is 29.7 Å². The van der Waals surface area contributed by atoms with E-state index in [-0.39, 0.29) is 47.3 Å². The Bertz CT molecular complexity index is 3620. The number of aliphatic carboxylic acids is 3. The van der Waals surface area contributed by atoms with E-state index < -0.39 is 158 Å². The zero-order valence-electron chi connectivity index (χ0n) is 54.1. The molecule has 8 amide bonds. The lowest BCUT2D eigenvalue weighted by atomic mass is 9.81. The number of hydrogen-bond acceptors (Lipinski definition) is 18. The largest absolute Gasteiger partial charge is 0.744 e. The summed E-state index contributed by atoms with van der Waals surface area (Å²) in [4.78, 5) is 141. The maximum Gasteiger partial charge on any atom is 0.305 e. The van der Waals surface area contributed by atoms with Gasteiger partial charge in [-0.1, -0.05) is 45.9 Å². The number of carbonyl (C=O) groups is 11. The molecule has 0 fully saturated rings. The van der Waals surface area contributed by atoms with Crippen LogP contribution in [0.5, 0.6) is 0 Å². The van der Waals surface area contributed by atoms with Crippen LogP contribution in [0.25, 0.3) is 0 Å². The summed E-state index contributed by atoms with van der Waals surface area (Å²) < 4.78 is 72.1. The number of anilines is 1. The minimum atomic E-state index is -4.68. The fourth-order valence-electron chi connectivity index (χ4n) is 11.0. The number of carbonyl (C=O) groups excluding carboxylic acids is 8. The summed E-state index contributed by atoms with van der Waals surface area (Å²) in [5, 5.41) is 44.9. The van der Waals surface area contributed by atoms with Crippen molar-refractivity contribution in [1.29, 1.82) is 0 Å². The zero-order valence-corrected chi connectivity index (χ0v) is 56.6. The summed E-state index contributed by atoms with van der Waals surface area (Å²) in [5.41, 5.74) is 8.83. The molecule has 6 atom stereocenters. The zero-order chi connectivity index (χ0) is 71.5. The Kier molecular flexibility index (Phi) is 28.9. The number of primary amides is 1. The number of hydrogen-bond donors (Lipinski definition) is 13. The number of nitrogens with zero attached hydrogens (tertiary/aromatic N) is 2. The molecular formula is C62H86N10O20S3. The molecule has 2 aromatic carbocycles. The summed E-state index contributed by atoms with van der Waals surface area (Å²) >= 11 is 3.98. The first-order chi connectivity index (χ1) is 44.3. The van der Waals surface area contributed by atoms with E-state index in [1.807, 2.05) is 69.9 Å². The van der Waals surface area contributed by atoms with Crippen LogP contribution >= 0.6 is 12.6 Å². The van der Waals surface area contributed by atoms with Crippen molar-refractivity contribution in [1.82, 2.24) is 37.2 Å². The van der Waals surface area contributed by atoms with E-state index in [1.54, 1.807) is 12.1 Å². The third-order valence-corrected chi connectivity index (χ3v) is 18.0. The first kappa shape index (κ1) is 78.9. The monoisotopic (exact) mass is 1390 g/mol. The van der Waals surface area contributed by atoms with Gasteiger partial charge in [0.15, 0.2) is 5.71 Å². The molecule has 4 rings (SSSR count). The number of rotatable bonds is 38. The van der Waals surface area contributed by atoms with Crippen LogP contribution in [0.4, 0.5) is 11.4 Å². The van der Waals surface area contributed by atoms with Crippen molar-refractivity contribution in [3.05, 3.63) is 83.6 Å². The highest BCUT2D eigenvalue weighted by molar-refractivity contribution is 7.86. The number of amides is 8. The molecule has 0 saturated carbocycles. The van der Waals surface area contributed by atoms with Gasteiger partial charge in [-0.2, -0.15) is 25.6 Å². The van der Waals surface area contributed by atoms with Crippen molar-refractivity contribution >= 4 is 115 Å². The molecule has 33 heteroatoms. The predicted molar refractivity (Wildman–Crippen MR) is 348 cm³/mol. The SMILES string of the molecule is CCN1/C(=C/C=C/C=C/C2=[N+](CCCCCC(=O)NCCCC[C@H](NC(=O)[C@H](CC(=O)O)NC(=O)[C@@H](NC(=O)[C@H](CCC(=O)O)NC(=O)[C@H](CC(=O)O)NC(=O)[C@H](CS)NC(C)=O)C(C)C)C(N)=O)c3ccc(S(=O)(=O)O)cc3C2(C)C)C(C)(C)c2cc(S(=O)(=O)[O-])ccc21. The van der Waals surface area contributed by atoms with E-state index in [0.29, 0.717) is 49.9 Å². The minimum Gasteiger partial charge on any atom is -0.744 e. The van der Waals surface area contributed by atoms with Gasteiger partial charge >= 0.3 is 17.9 Å². The Morgan fingerprint density at radius 3 is 1.77 bits per heavy atom. The van der Waals surface area contributed by atoms with Crippen molar-refractivity contribution in [2.45, 2.75) is 183 Å². The highest BCUT2D eigenvalue weighted by atomic mass is 32.2. The van der Waals surface area contributed by atoms with Crippen LogP contribution < -0.4 is 47.9 Å². The number of unbranched alkanes of at least 4 members (excludes halogenated alkanes) is 3. The minimum absolute atomic E-state index is 0.0781. The number of benzene rings is 2. The Balaban J connectivity index is 1.35. The maximum atomic E-state index is 13.8. The second-order valence-electron chi connectivity index (χ2n) is 24.2. The van der Waals surface area contributed by atoms with Crippen molar-refractivity contribution < 1.29 is 98.6 Å². The Morgan fingerprint density at radius 2 is 1.22 bits per heavy atom. The summed E-state index contributed by atoms with van der Waals surface area (Å²) in [7, 11) is -9.21. The molecule has 522 valence electrons. The highest BCUT2D eigenvalue weighted by Crippen LogP contribution is 2.48. The van der Waals surface area contributed by atoms with Crippen molar-refractivity contribution in [3.63, 3.8) is 0 Å². The van der Waals surface area contributed by atoms with E-state index in [1.165, 1.54) is 38.1 Å². The highest BCUT2D eigenvalue weighted by Gasteiger charge is 2.45. The number of carboxylic acids is 3. The van der Waals surface area contributed by atoms with Gasteiger partial charge in [0.25, 0.3) is 10.1 Å². The second kappa shape index (κ2) is 34.8. The lowest BCUT2D eigenvalue weighted by Gasteiger charge is -2.28. The van der Waals surface area contributed by atoms with Crippen LogP contribution in [0.2, 0.25) is 0 Å². The van der Waals surface area contributed by atoms with Crippen LogP contribution in [0.15, 0.2) is 82.3 Å². The van der Waals surface area contributed by atoms with Gasteiger partial charge in [-0.05, 0) is 107 Å². The van der Waals surface area contributed by atoms with Crippen molar-refractivity contribution in [2.75, 3.05) is 30.3 Å². The molecule has 2 aromatic rings. The molecule has 30 nitrogen and oxygen atoms in total. The molecule has 2 heterocycles. The number of allylic oxidation sites excluding steroid dienone is 6. The van der Waals surface area contributed by atoms with E-state index in [4.69, 9.17) is 5.73 Å². The predicted octanol–water partition coefficient (Wildman–Crippen LogP) is 1.69. The number of likely N-dealkylation sites (N-methyl/N-ethyl adjacent to an activating group) is 1. The van der Waals surface area contributed by atoms with E-state index in [9.17, 15) is 94.0 Å². The van der Waals surface area contributed by atoms with Gasteiger partial charge in [0.2, 0.25) is 52.9 Å². The lowest BCUT2D eigenvalue weighted by Crippen LogP contribution is -2.61. The molecule has 0 aromatic heterocycles. The first-order valence-electron chi connectivity index (χ1n) is 30.6. The second-order valence-corrected chi connectivity index (χ2v) is 27.4. The number of thiol groups is 1. The number of fused-ring (bicyclic) bond motifs is 2. The Hall–Kier alpha value is -8.53. The van der Waals surface area contributed by atoms with Gasteiger partial charge in [-0.3, -0.25) is 57.3 Å². The number of carboxylic acid groups (broad SMARTS) is 3. The van der Waals surface area contributed by atoms with Crippen molar-refractivity contribution in [3.8, 4) is 0 Å². The van der Waals surface area contributed by atoms with Crippen molar-refractivity contribution in [2.24, 2.45) is 11.7 Å². The molecule has 0 radical (unpaired) electrons. The topological polar surface area (TPSA) is 477 Å². The standard InChI is InChI=1S/C62H86N10O20S3/c1-9-71-46-25-22-37(94(87,88)89)30-39(46)61(5,6)48(71)19-12-10-13-20-49-62(7,8)40-31-38(95(90,91)92)23-26-47(40)72(49)29-17-11-14-21-50(74)64-28-16-15-18-41(55(63)81)66-57(83)44(33-53(79)80)69-60(86)54(35(2)3)70-56(82)42(24-27-51(75)76)67-58(84)43(32-52(77)78)68-59(85)45(34-93)65-36(4)73/h10,12-13,19-20,22-23,25-26,30-31,35,41-45,54H,9,11,14-18,21,24,27-29,32-34H2,1-8H3,(H14-,63,64,65,66,67,68,69,70,73,74,75,76,77,78,79,80,81,82,83,84,85,86,87,88,89,90,91,92,93)/t41-,42-,43-,44-,45-,54-/m0/s1. The average molecular weight is 1390 g/mol. The number of nitrogens with two attached hydrogens (primary N) is 1. The van der Waals surface area contributed by atoms with Gasteiger partial charge in [0.1, 0.15) is 52.9 Å². The molecule has 0 aliphatic carbocycles. The van der Waals surface area contributed by atoms with Gasteiger partial charge in [0, 0.05) is 79.5 Å². The molecule has 0 bridgehead atoms. The van der Waals surface area contributed by atoms with Gasteiger partial charge in [-0.15, -0.1) is 0 Å².